The Labute approximate surface area is 166 Å². The summed E-state index contributed by atoms with van der Waals surface area (Å²) in [5.41, 5.74) is 2.05. The lowest BCUT2D eigenvalue weighted by molar-refractivity contribution is -0.116. The number of nitrogens with zero attached hydrogens (tertiary/aromatic N) is 1. The number of anilines is 1. The van der Waals surface area contributed by atoms with Gasteiger partial charge in [-0.1, -0.05) is 36.4 Å². The van der Waals surface area contributed by atoms with Crippen molar-refractivity contribution in [3.8, 4) is 5.75 Å². The fourth-order valence-corrected chi connectivity index (χ4v) is 3.19. The van der Waals surface area contributed by atoms with Gasteiger partial charge in [-0.2, -0.15) is 0 Å². The number of carbonyl (C=O) groups is 1. The number of ether oxygens (including phenoxy) is 1. The van der Waals surface area contributed by atoms with Gasteiger partial charge in [-0.3, -0.25) is 9.79 Å². The molecule has 0 aliphatic carbocycles. The second-order valence-electron chi connectivity index (χ2n) is 6.70. The van der Waals surface area contributed by atoms with Crippen molar-refractivity contribution < 1.29 is 9.53 Å². The minimum absolute atomic E-state index is 0.0509. The van der Waals surface area contributed by atoms with Crippen molar-refractivity contribution >= 4 is 17.6 Å². The van der Waals surface area contributed by atoms with Crippen LogP contribution < -0.4 is 20.7 Å². The van der Waals surface area contributed by atoms with E-state index in [2.05, 4.69) is 22.0 Å². The van der Waals surface area contributed by atoms with Crippen molar-refractivity contribution in [2.24, 2.45) is 4.99 Å². The Kier molecular flexibility index (Phi) is 7.29. The first kappa shape index (κ1) is 19.7. The normalized spacial score (nSPS) is 16.1. The summed E-state index contributed by atoms with van der Waals surface area (Å²) in [5, 5.41) is 9.54. The van der Waals surface area contributed by atoms with Crippen LogP contribution in [0.1, 0.15) is 31.2 Å². The molecule has 1 aliphatic rings. The van der Waals surface area contributed by atoms with Crippen molar-refractivity contribution in [3.63, 3.8) is 0 Å². The average Bonchev–Trinajstić information content (AvgIpc) is 2.72. The highest BCUT2D eigenvalue weighted by molar-refractivity contribution is 5.94. The molecule has 148 valence electrons. The predicted molar refractivity (Wildman–Crippen MR) is 113 cm³/mol. The summed E-state index contributed by atoms with van der Waals surface area (Å²) in [6.07, 6.45) is 1.33. The Balaban J connectivity index is 1.49. The van der Waals surface area contributed by atoms with E-state index >= 15 is 0 Å². The van der Waals surface area contributed by atoms with E-state index in [9.17, 15) is 4.79 Å². The summed E-state index contributed by atoms with van der Waals surface area (Å²) in [6.45, 7) is 4.81. The van der Waals surface area contributed by atoms with Gasteiger partial charge in [-0.15, -0.1) is 0 Å². The minimum Gasteiger partial charge on any atom is -0.494 e. The molecule has 1 amide bonds. The predicted octanol–water partition coefficient (Wildman–Crippen LogP) is 3.14. The van der Waals surface area contributed by atoms with Gasteiger partial charge in [0.2, 0.25) is 5.91 Å². The molecule has 0 saturated heterocycles. The molecule has 3 rings (SSSR count). The van der Waals surface area contributed by atoms with E-state index in [1.54, 1.807) is 0 Å². The Hall–Kier alpha value is -3.02. The zero-order valence-corrected chi connectivity index (χ0v) is 16.3. The molecule has 28 heavy (non-hydrogen) atoms. The molecule has 2 aromatic carbocycles. The Morgan fingerprint density at radius 3 is 2.75 bits per heavy atom. The van der Waals surface area contributed by atoms with Crippen LogP contribution in [0.25, 0.3) is 0 Å². The van der Waals surface area contributed by atoms with Crippen molar-refractivity contribution in [2.75, 3.05) is 31.6 Å². The molecule has 0 fully saturated rings. The van der Waals surface area contributed by atoms with E-state index < -0.39 is 0 Å². The number of rotatable bonds is 8. The third-order valence-electron chi connectivity index (χ3n) is 4.55. The summed E-state index contributed by atoms with van der Waals surface area (Å²) < 4.78 is 5.71. The lowest BCUT2D eigenvalue weighted by Crippen LogP contribution is -2.38. The monoisotopic (exact) mass is 380 g/mol. The number of amides is 1. The molecular weight excluding hydrogens is 352 g/mol. The van der Waals surface area contributed by atoms with Crippen molar-refractivity contribution in [1.82, 2.24) is 10.6 Å². The van der Waals surface area contributed by atoms with Gasteiger partial charge >= 0.3 is 0 Å². The number of nitrogens with one attached hydrogen (secondary N) is 3. The SMILES string of the molecule is CCNC(=NCC1CC(=O)Nc2ccccc21)NCCCOc1ccccc1. The second-order valence-corrected chi connectivity index (χ2v) is 6.70. The molecule has 1 atom stereocenters. The van der Waals surface area contributed by atoms with Gasteiger partial charge in [-0.25, -0.2) is 0 Å². The lowest BCUT2D eigenvalue weighted by atomic mass is 9.91. The zero-order valence-electron chi connectivity index (χ0n) is 16.3. The van der Waals surface area contributed by atoms with Crippen LogP contribution in [0.15, 0.2) is 59.6 Å². The molecule has 2 aromatic rings. The largest absolute Gasteiger partial charge is 0.494 e. The van der Waals surface area contributed by atoms with Gasteiger partial charge in [0, 0.05) is 31.1 Å². The van der Waals surface area contributed by atoms with Crippen molar-refractivity contribution in [2.45, 2.75) is 25.7 Å². The van der Waals surface area contributed by atoms with Gasteiger partial charge in [-0.05, 0) is 37.1 Å². The molecule has 6 heteroatoms. The van der Waals surface area contributed by atoms with Crippen LogP contribution in [0, 0.1) is 0 Å². The maximum Gasteiger partial charge on any atom is 0.225 e. The second kappa shape index (κ2) is 10.3. The molecule has 1 unspecified atom stereocenters. The molecular formula is C22H28N4O2. The molecule has 0 spiro atoms. The Bertz CT molecular complexity index is 792. The fraction of sp³-hybridized carbons (Fsp3) is 0.364. The van der Waals surface area contributed by atoms with Crippen LogP contribution in [0.2, 0.25) is 0 Å². The molecule has 0 radical (unpaired) electrons. The Morgan fingerprint density at radius 2 is 1.93 bits per heavy atom. The first-order chi connectivity index (χ1) is 13.8. The molecule has 3 N–H and O–H groups in total. The lowest BCUT2D eigenvalue weighted by Gasteiger charge is -2.24. The molecule has 0 saturated carbocycles. The number of benzene rings is 2. The Morgan fingerprint density at radius 1 is 1.14 bits per heavy atom. The third-order valence-corrected chi connectivity index (χ3v) is 4.55. The number of aliphatic imine (C=N–C) groups is 1. The van der Waals surface area contributed by atoms with Crippen LogP contribution in [0.4, 0.5) is 5.69 Å². The first-order valence-corrected chi connectivity index (χ1v) is 9.85. The number of hydrogen-bond acceptors (Lipinski definition) is 3. The number of para-hydroxylation sites is 2. The highest BCUT2D eigenvalue weighted by Gasteiger charge is 2.24. The standard InChI is InChI=1S/C22H28N4O2/c1-2-23-22(24-13-8-14-28-18-9-4-3-5-10-18)25-16-17-15-21(27)26-20-12-7-6-11-19(17)20/h3-7,9-12,17H,2,8,13-16H2,1H3,(H,26,27)(H2,23,24,25). The first-order valence-electron chi connectivity index (χ1n) is 9.85. The van der Waals surface area contributed by atoms with E-state index in [0.29, 0.717) is 19.6 Å². The third kappa shape index (κ3) is 5.74. The highest BCUT2D eigenvalue weighted by Crippen LogP contribution is 2.31. The molecule has 1 aliphatic heterocycles. The fourth-order valence-electron chi connectivity index (χ4n) is 3.19. The van der Waals surface area contributed by atoms with Crippen LogP contribution in [-0.2, 0) is 4.79 Å². The van der Waals surface area contributed by atoms with Crippen LogP contribution in [0.3, 0.4) is 0 Å². The summed E-state index contributed by atoms with van der Waals surface area (Å²) in [5.74, 6) is 1.81. The van der Waals surface area contributed by atoms with Gasteiger partial charge < -0.3 is 20.7 Å². The number of carbonyl (C=O) groups excluding carboxylic acids is 1. The number of fused-ring (bicyclic) bond motifs is 1. The van der Waals surface area contributed by atoms with Gasteiger partial charge in [0.25, 0.3) is 0 Å². The van der Waals surface area contributed by atoms with Gasteiger partial charge in [0.05, 0.1) is 13.2 Å². The maximum absolute atomic E-state index is 12.0. The maximum atomic E-state index is 12.0. The van der Waals surface area contributed by atoms with Crippen molar-refractivity contribution in [3.05, 3.63) is 60.2 Å². The van der Waals surface area contributed by atoms with Crippen molar-refractivity contribution in [1.29, 1.82) is 0 Å². The molecule has 6 nitrogen and oxygen atoms in total. The molecule has 0 bridgehead atoms. The van der Waals surface area contributed by atoms with E-state index in [4.69, 9.17) is 9.73 Å². The highest BCUT2D eigenvalue weighted by atomic mass is 16.5. The zero-order chi connectivity index (χ0) is 19.6. The molecule has 1 heterocycles. The topological polar surface area (TPSA) is 74.8 Å². The average molecular weight is 380 g/mol. The van der Waals surface area contributed by atoms with Gasteiger partial charge in [0.1, 0.15) is 5.75 Å². The quantitative estimate of drug-likeness (QED) is 0.374. The summed E-state index contributed by atoms with van der Waals surface area (Å²) >= 11 is 0. The molecule has 0 aromatic heterocycles. The van der Waals surface area contributed by atoms with E-state index in [1.165, 1.54) is 0 Å². The van der Waals surface area contributed by atoms with Crippen LogP contribution in [-0.4, -0.2) is 38.1 Å². The van der Waals surface area contributed by atoms with Gasteiger partial charge in [0.15, 0.2) is 5.96 Å². The van der Waals surface area contributed by atoms with Crippen LogP contribution >= 0.6 is 0 Å². The number of guanidine groups is 1. The van der Waals surface area contributed by atoms with E-state index in [-0.39, 0.29) is 11.8 Å². The minimum atomic E-state index is 0.0509. The van der Waals surface area contributed by atoms with E-state index in [0.717, 1.165) is 42.5 Å². The summed E-state index contributed by atoms with van der Waals surface area (Å²) in [7, 11) is 0. The van der Waals surface area contributed by atoms with E-state index in [1.807, 2.05) is 55.5 Å². The van der Waals surface area contributed by atoms with Crippen LogP contribution in [0.5, 0.6) is 5.75 Å². The smallest absolute Gasteiger partial charge is 0.225 e. The number of hydrogen-bond donors (Lipinski definition) is 3. The summed E-state index contributed by atoms with van der Waals surface area (Å²) in [4.78, 5) is 16.7. The summed E-state index contributed by atoms with van der Waals surface area (Å²) in [6, 6.07) is 17.8.